The molecular formula is C16H22N4O3. The van der Waals surface area contributed by atoms with Crippen LogP contribution >= 0.6 is 0 Å². The summed E-state index contributed by atoms with van der Waals surface area (Å²) in [7, 11) is 0. The number of amides is 2. The normalized spacial score (nSPS) is 24.3. The number of nitrogens with zero attached hydrogens (tertiary/aromatic N) is 3. The van der Waals surface area contributed by atoms with Crippen LogP contribution in [0.5, 0.6) is 0 Å². The molecular weight excluding hydrogens is 296 g/mol. The second-order valence-electron chi connectivity index (χ2n) is 6.41. The molecule has 1 aliphatic carbocycles. The second kappa shape index (κ2) is 6.62. The zero-order chi connectivity index (χ0) is 16.4. The summed E-state index contributed by atoms with van der Waals surface area (Å²) in [4.78, 5) is 34.4. The van der Waals surface area contributed by atoms with Crippen LogP contribution < -0.4 is 5.32 Å². The van der Waals surface area contributed by atoms with Crippen molar-refractivity contribution in [2.24, 2.45) is 11.8 Å². The Hall–Kier alpha value is -2.02. The summed E-state index contributed by atoms with van der Waals surface area (Å²) in [6.07, 6.45) is 5.58. The number of aliphatic hydroxyl groups excluding tert-OH is 1. The average molecular weight is 318 g/mol. The van der Waals surface area contributed by atoms with Crippen molar-refractivity contribution in [3.63, 3.8) is 0 Å². The molecule has 0 radical (unpaired) electrons. The fourth-order valence-electron chi connectivity index (χ4n) is 2.88. The molecule has 2 amide bonds. The van der Waals surface area contributed by atoms with Gasteiger partial charge in [-0.15, -0.1) is 0 Å². The van der Waals surface area contributed by atoms with Crippen molar-refractivity contribution in [1.82, 2.24) is 20.2 Å². The first kappa shape index (κ1) is 15.9. The first-order valence-electron chi connectivity index (χ1n) is 8.07. The lowest BCUT2D eigenvalue weighted by molar-refractivity contribution is -0.123. The molecule has 2 fully saturated rings. The van der Waals surface area contributed by atoms with Crippen LogP contribution in [0.3, 0.4) is 0 Å². The Balaban J connectivity index is 1.67. The number of hydrogen-bond donors (Lipinski definition) is 2. The molecule has 0 spiro atoms. The molecule has 1 aromatic heterocycles. The second-order valence-corrected chi connectivity index (χ2v) is 6.41. The zero-order valence-corrected chi connectivity index (χ0v) is 13.2. The van der Waals surface area contributed by atoms with E-state index in [2.05, 4.69) is 15.3 Å². The van der Waals surface area contributed by atoms with Gasteiger partial charge in [-0.05, 0) is 26.2 Å². The fraction of sp³-hybridized carbons (Fsp3) is 0.625. The van der Waals surface area contributed by atoms with Gasteiger partial charge in [0.05, 0.1) is 17.9 Å². The van der Waals surface area contributed by atoms with Gasteiger partial charge in [0.15, 0.2) is 0 Å². The summed E-state index contributed by atoms with van der Waals surface area (Å²) in [5.41, 5.74) is 1.07. The molecule has 7 nitrogen and oxygen atoms in total. The van der Waals surface area contributed by atoms with E-state index in [9.17, 15) is 14.7 Å². The molecule has 1 saturated heterocycles. The van der Waals surface area contributed by atoms with E-state index >= 15 is 0 Å². The van der Waals surface area contributed by atoms with Gasteiger partial charge in [-0.2, -0.15) is 0 Å². The van der Waals surface area contributed by atoms with Crippen molar-refractivity contribution in [1.29, 1.82) is 0 Å². The number of hydrogen-bond acceptors (Lipinski definition) is 5. The van der Waals surface area contributed by atoms with Crippen LogP contribution in [-0.4, -0.2) is 57.5 Å². The van der Waals surface area contributed by atoms with Gasteiger partial charge in [0.1, 0.15) is 5.69 Å². The van der Waals surface area contributed by atoms with Crippen LogP contribution in [0, 0.1) is 18.8 Å². The summed E-state index contributed by atoms with van der Waals surface area (Å²) < 4.78 is 0. The number of aryl methyl sites for hydroxylation is 1. The Morgan fingerprint density at radius 3 is 2.70 bits per heavy atom. The highest BCUT2D eigenvalue weighted by atomic mass is 16.3. The Kier molecular flexibility index (Phi) is 4.56. The number of rotatable bonds is 4. The highest BCUT2D eigenvalue weighted by molar-refractivity contribution is 5.92. The lowest BCUT2D eigenvalue weighted by Crippen LogP contribution is -2.55. The van der Waals surface area contributed by atoms with Crippen LogP contribution in [-0.2, 0) is 4.79 Å². The minimum absolute atomic E-state index is 0.00847. The van der Waals surface area contributed by atoms with Crippen molar-refractivity contribution in [2.45, 2.75) is 32.2 Å². The molecule has 2 aliphatic rings. The number of carbonyl (C=O) groups excluding carboxylic acids is 2. The summed E-state index contributed by atoms with van der Waals surface area (Å²) in [6.45, 7) is 2.78. The third-order valence-electron chi connectivity index (χ3n) is 4.55. The predicted molar refractivity (Wildman–Crippen MR) is 82.5 cm³/mol. The van der Waals surface area contributed by atoms with E-state index in [0.29, 0.717) is 25.2 Å². The predicted octanol–water partition coefficient (Wildman–Crippen LogP) is 0.134. The van der Waals surface area contributed by atoms with Crippen LogP contribution in [0.15, 0.2) is 12.4 Å². The molecule has 0 unspecified atom stereocenters. The van der Waals surface area contributed by atoms with E-state index in [1.165, 1.54) is 6.20 Å². The molecule has 2 atom stereocenters. The molecule has 1 saturated carbocycles. The summed E-state index contributed by atoms with van der Waals surface area (Å²) in [5.74, 6) is -0.0355. The van der Waals surface area contributed by atoms with Gasteiger partial charge in [0.25, 0.3) is 5.91 Å². The largest absolute Gasteiger partial charge is 0.396 e. The highest BCUT2D eigenvalue weighted by Gasteiger charge is 2.36. The molecule has 3 rings (SSSR count). The monoisotopic (exact) mass is 318 g/mol. The fourth-order valence-corrected chi connectivity index (χ4v) is 2.88. The summed E-state index contributed by atoms with van der Waals surface area (Å²) >= 11 is 0. The van der Waals surface area contributed by atoms with E-state index in [0.717, 1.165) is 18.5 Å². The molecule has 23 heavy (non-hydrogen) atoms. The molecule has 7 heteroatoms. The quantitative estimate of drug-likeness (QED) is 0.823. The van der Waals surface area contributed by atoms with E-state index in [4.69, 9.17) is 0 Å². The molecule has 2 heterocycles. The van der Waals surface area contributed by atoms with Crippen molar-refractivity contribution < 1.29 is 14.7 Å². The minimum Gasteiger partial charge on any atom is -0.396 e. The first-order valence-corrected chi connectivity index (χ1v) is 8.07. The molecule has 1 aliphatic heterocycles. The maximum absolute atomic E-state index is 12.5. The summed E-state index contributed by atoms with van der Waals surface area (Å²) in [6, 6.07) is -0.204. The van der Waals surface area contributed by atoms with Crippen molar-refractivity contribution >= 4 is 11.8 Å². The van der Waals surface area contributed by atoms with Crippen molar-refractivity contribution in [2.75, 3.05) is 19.7 Å². The first-order chi connectivity index (χ1) is 11.1. The van der Waals surface area contributed by atoms with E-state index in [1.807, 2.05) is 6.92 Å². The number of carbonyl (C=O) groups is 2. The van der Waals surface area contributed by atoms with Crippen molar-refractivity contribution in [3.05, 3.63) is 23.8 Å². The molecule has 2 N–H and O–H groups in total. The SMILES string of the molecule is Cc1cnc(C(=O)N2CC[C@H](CO)[C@H](NC(=O)C3CC3)C2)cn1. The van der Waals surface area contributed by atoms with E-state index in [-0.39, 0.29) is 36.3 Å². The molecule has 0 bridgehead atoms. The highest BCUT2D eigenvalue weighted by Crippen LogP contribution is 2.29. The Morgan fingerprint density at radius 2 is 2.09 bits per heavy atom. The van der Waals surface area contributed by atoms with Crippen LogP contribution in [0.4, 0.5) is 0 Å². The zero-order valence-electron chi connectivity index (χ0n) is 13.2. The van der Waals surface area contributed by atoms with Crippen LogP contribution in [0.2, 0.25) is 0 Å². The maximum atomic E-state index is 12.5. The van der Waals surface area contributed by atoms with Gasteiger partial charge in [-0.25, -0.2) is 4.98 Å². The van der Waals surface area contributed by atoms with Gasteiger partial charge in [-0.3, -0.25) is 14.6 Å². The number of aliphatic hydroxyl groups is 1. The number of nitrogens with one attached hydrogen (secondary N) is 1. The topological polar surface area (TPSA) is 95.4 Å². The maximum Gasteiger partial charge on any atom is 0.274 e. The number of piperidine rings is 1. The lowest BCUT2D eigenvalue weighted by atomic mass is 9.92. The van der Waals surface area contributed by atoms with E-state index in [1.54, 1.807) is 11.1 Å². The third kappa shape index (κ3) is 3.67. The lowest BCUT2D eigenvalue weighted by Gasteiger charge is -2.38. The van der Waals surface area contributed by atoms with Crippen molar-refractivity contribution in [3.8, 4) is 0 Å². The Labute approximate surface area is 135 Å². The van der Waals surface area contributed by atoms with Gasteiger partial charge >= 0.3 is 0 Å². The minimum atomic E-state index is -0.204. The van der Waals surface area contributed by atoms with Gasteiger partial charge in [0.2, 0.25) is 5.91 Å². The smallest absolute Gasteiger partial charge is 0.274 e. The van der Waals surface area contributed by atoms with Gasteiger partial charge < -0.3 is 15.3 Å². The molecule has 0 aromatic carbocycles. The average Bonchev–Trinajstić information content (AvgIpc) is 3.40. The van der Waals surface area contributed by atoms with Gasteiger partial charge in [-0.1, -0.05) is 0 Å². The number of likely N-dealkylation sites (tertiary alicyclic amines) is 1. The van der Waals surface area contributed by atoms with E-state index < -0.39 is 0 Å². The van der Waals surface area contributed by atoms with Crippen LogP contribution in [0.25, 0.3) is 0 Å². The Bertz CT molecular complexity index is 585. The Morgan fingerprint density at radius 1 is 1.30 bits per heavy atom. The number of aromatic nitrogens is 2. The third-order valence-corrected chi connectivity index (χ3v) is 4.55. The standard InChI is InChI=1S/C16H22N4O3/c1-10-6-18-13(7-17-10)16(23)20-5-4-12(9-21)14(8-20)19-15(22)11-2-3-11/h6-7,11-12,14,21H,2-5,8-9H2,1H3,(H,19,22)/t12-,14-/m1/s1. The van der Waals surface area contributed by atoms with Crippen LogP contribution in [0.1, 0.15) is 35.4 Å². The summed E-state index contributed by atoms with van der Waals surface area (Å²) in [5, 5.41) is 12.5. The molecule has 124 valence electrons. The molecule has 1 aromatic rings. The van der Waals surface area contributed by atoms with Gasteiger partial charge in [0, 0.05) is 37.7 Å².